The van der Waals surface area contributed by atoms with E-state index in [-0.39, 0.29) is 6.29 Å². The number of hydrogen-bond acceptors (Lipinski definition) is 2. The van der Waals surface area contributed by atoms with Crippen LogP contribution in [-0.2, 0) is 4.74 Å². The van der Waals surface area contributed by atoms with Crippen molar-refractivity contribution < 1.29 is 9.47 Å². The SMILES string of the molecule is CC(C)CC(C)c1ccc(OC(CC2(C)CCCCC2)OCCC2CCCCC2)cc1. The first-order valence-corrected chi connectivity index (χ1v) is 13.3. The Morgan fingerprint density at radius 1 is 0.903 bits per heavy atom. The lowest BCUT2D eigenvalue weighted by atomic mass is 9.73. The maximum atomic E-state index is 6.47. The van der Waals surface area contributed by atoms with E-state index >= 15 is 0 Å². The van der Waals surface area contributed by atoms with Gasteiger partial charge in [-0.1, -0.05) is 91.2 Å². The van der Waals surface area contributed by atoms with Gasteiger partial charge in [-0.05, 0) is 66.5 Å². The highest BCUT2D eigenvalue weighted by Crippen LogP contribution is 2.40. The van der Waals surface area contributed by atoms with E-state index in [1.807, 2.05) is 0 Å². The summed E-state index contributed by atoms with van der Waals surface area (Å²) in [4.78, 5) is 0. The van der Waals surface area contributed by atoms with Crippen molar-refractivity contribution in [2.45, 2.75) is 123 Å². The first-order valence-electron chi connectivity index (χ1n) is 13.3. The molecule has 2 saturated carbocycles. The zero-order chi connectivity index (χ0) is 22.1. The third-order valence-electron chi connectivity index (χ3n) is 7.82. The highest BCUT2D eigenvalue weighted by molar-refractivity contribution is 5.29. The van der Waals surface area contributed by atoms with Gasteiger partial charge in [0, 0.05) is 6.42 Å². The van der Waals surface area contributed by atoms with E-state index in [2.05, 4.69) is 52.0 Å². The molecule has 0 radical (unpaired) electrons. The Kier molecular flexibility index (Phi) is 9.75. The lowest BCUT2D eigenvalue weighted by molar-refractivity contribution is -0.111. The van der Waals surface area contributed by atoms with Crippen molar-refractivity contribution in [2.75, 3.05) is 6.61 Å². The van der Waals surface area contributed by atoms with Gasteiger partial charge in [-0.2, -0.15) is 0 Å². The summed E-state index contributed by atoms with van der Waals surface area (Å²) in [7, 11) is 0. The molecule has 2 fully saturated rings. The Balaban J connectivity index is 1.58. The Labute approximate surface area is 192 Å². The van der Waals surface area contributed by atoms with E-state index in [4.69, 9.17) is 9.47 Å². The van der Waals surface area contributed by atoms with Crippen LogP contribution in [0.5, 0.6) is 5.75 Å². The van der Waals surface area contributed by atoms with Crippen molar-refractivity contribution in [1.82, 2.24) is 0 Å². The monoisotopic (exact) mass is 428 g/mol. The lowest BCUT2D eigenvalue weighted by Crippen LogP contribution is -2.32. The standard InChI is InChI=1S/C29H48O2/c1-23(2)21-24(3)26-13-15-27(16-14-26)31-28(22-29(4)18-9-6-10-19-29)30-20-17-25-11-7-5-8-12-25/h13-16,23-25,28H,5-12,17-22H2,1-4H3. The first-order chi connectivity index (χ1) is 14.9. The van der Waals surface area contributed by atoms with Crippen molar-refractivity contribution in [3.05, 3.63) is 29.8 Å². The second-order valence-corrected chi connectivity index (χ2v) is 11.4. The highest BCUT2D eigenvalue weighted by Gasteiger charge is 2.31. The Hall–Kier alpha value is -1.02. The van der Waals surface area contributed by atoms with Crippen LogP contribution < -0.4 is 4.74 Å². The van der Waals surface area contributed by atoms with Gasteiger partial charge in [-0.3, -0.25) is 0 Å². The third-order valence-corrected chi connectivity index (χ3v) is 7.82. The van der Waals surface area contributed by atoms with E-state index in [1.54, 1.807) is 0 Å². The summed E-state index contributed by atoms with van der Waals surface area (Å²) < 4.78 is 12.9. The van der Waals surface area contributed by atoms with E-state index in [1.165, 1.54) is 82.6 Å². The molecule has 1 aromatic rings. The molecular weight excluding hydrogens is 380 g/mol. The van der Waals surface area contributed by atoms with Crippen molar-refractivity contribution in [1.29, 1.82) is 0 Å². The predicted octanol–water partition coefficient (Wildman–Crippen LogP) is 8.89. The molecule has 0 bridgehead atoms. The highest BCUT2D eigenvalue weighted by atomic mass is 16.7. The molecule has 0 saturated heterocycles. The van der Waals surface area contributed by atoms with Gasteiger partial charge in [0.05, 0.1) is 6.61 Å². The zero-order valence-corrected chi connectivity index (χ0v) is 20.8. The normalized spacial score (nSPS) is 21.7. The third kappa shape index (κ3) is 8.44. The minimum absolute atomic E-state index is 0.120. The summed E-state index contributed by atoms with van der Waals surface area (Å²) in [6.45, 7) is 10.2. The predicted molar refractivity (Wildman–Crippen MR) is 132 cm³/mol. The summed E-state index contributed by atoms with van der Waals surface area (Å²) in [5.41, 5.74) is 1.77. The largest absolute Gasteiger partial charge is 0.465 e. The molecule has 3 rings (SSSR count). The molecule has 176 valence electrons. The van der Waals surface area contributed by atoms with Crippen LogP contribution in [0.2, 0.25) is 0 Å². The molecule has 1 aromatic carbocycles. The molecule has 2 aliphatic carbocycles. The van der Waals surface area contributed by atoms with Crippen LogP contribution in [0.4, 0.5) is 0 Å². The summed E-state index contributed by atoms with van der Waals surface area (Å²) in [5.74, 6) is 3.14. The molecule has 0 heterocycles. The number of rotatable bonds is 11. The summed E-state index contributed by atoms with van der Waals surface area (Å²) in [5, 5.41) is 0. The quantitative estimate of drug-likeness (QED) is 0.328. The van der Waals surface area contributed by atoms with E-state index < -0.39 is 0 Å². The molecule has 31 heavy (non-hydrogen) atoms. The molecule has 0 N–H and O–H groups in total. The molecule has 2 atom stereocenters. The van der Waals surface area contributed by atoms with Gasteiger partial charge in [0.1, 0.15) is 5.75 Å². The average molecular weight is 429 g/mol. The molecule has 2 nitrogen and oxygen atoms in total. The molecule has 0 spiro atoms. The second kappa shape index (κ2) is 12.3. The van der Waals surface area contributed by atoms with Gasteiger partial charge in [0.2, 0.25) is 0 Å². The van der Waals surface area contributed by atoms with Gasteiger partial charge in [-0.25, -0.2) is 0 Å². The van der Waals surface area contributed by atoms with Crippen LogP contribution >= 0.6 is 0 Å². The van der Waals surface area contributed by atoms with Crippen molar-refractivity contribution in [3.63, 3.8) is 0 Å². The molecular formula is C29H48O2. The van der Waals surface area contributed by atoms with Gasteiger partial charge in [-0.15, -0.1) is 0 Å². The summed E-state index contributed by atoms with van der Waals surface area (Å²) in [6, 6.07) is 8.83. The van der Waals surface area contributed by atoms with Crippen LogP contribution in [0, 0.1) is 17.3 Å². The summed E-state index contributed by atoms with van der Waals surface area (Å²) >= 11 is 0. The Morgan fingerprint density at radius 3 is 2.19 bits per heavy atom. The van der Waals surface area contributed by atoms with Crippen LogP contribution in [0.1, 0.15) is 123 Å². The second-order valence-electron chi connectivity index (χ2n) is 11.4. The number of hydrogen-bond donors (Lipinski definition) is 0. The Morgan fingerprint density at radius 2 is 1.55 bits per heavy atom. The minimum Gasteiger partial charge on any atom is -0.465 e. The summed E-state index contributed by atoms with van der Waals surface area (Å²) in [6.07, 6.45) is 17.1. The molecule has 0 aromatic heterocycles. The van der Waals surface area contributed by atoms with Gasteiger partial charge >= 0.3 is 0 Å². The molecule has 0 aliphatic heterocycles. The van der Waals surface area contributed by atoms with Gasteiger partial charge < -0.3 is 9.47 Å². The van der Waals surface area contributed by atoms with Crippen LogP contribution in [-0.4, -0.2) is 12.9 Å². The fourth-order valence-electron chi connectivity index (χ4n) is 5.86. The maximum absolute atomic E-state index is 6.47. The first kappa shape index (κ1) is 24.6. The smallest absolute Gasteiger partial charge is 0.200 e. The minimum atomic E-state index is -0.120. The van der Waals surface area contributed by atoms with Crippen LogP contribution in [0.15, 0.2) is 24.3 Å². The molecule has 0 amide bonds. The fraction of sp³-hybridized carbons (Fsp3) is 0.793. The Bertz CT molecular complexity index is 608. The number of ether oxygens (including phenoxy) is 2. The van der Waals surface area contributed by atoms with E-state index in [0.717, 1.165) is 30.6 Å². The van der Waals surface area contributed by atoms with Crippen molar-refractivity contribution in [2.24, 2.45) is 17.3 Å². The molecule has 2 unspecified atom stereocenters. The topological polar surface area (TPSA) is 18.5 Å². The fourth-order valence-corrected chi connectivity index (χ4v) is 5.86. The van der Waals surface area contributed by atoms with Crippen LogP contribution in [0.3, 0.4) is 0 Å². The average Bonchev–Trinajstić information content (AvgIpc) is 2.75. The van der Waals surface area contributed by atoms with Crippen LogP contribution in [0.25, 0.3) is 0 Å². The van der Waals surface area contributed by atoms with Gasteiger partial charge in [0.25, 0.3) is 0 Å². The maximum Gasteiger partial charge on any atom is 0.200 e. The van der Waals surface area contributed by atoms with E-state index in [9.17, 15) is 0 Å². The molecule has 2 aliphatic rings. The van der Waals surface area contributed by atoms with Gasteiger partial charge in [0.15, 0.2) is 6.29 Å². The van der Waals surface area contributed by atoms with E-state index in [0.29, 0.717) is 11.3 Å². The lowest BCUT2D eigenvalue weighted by Gasteiger charge is -2.36. The molecule has 2 heteroatoms. The van der Waals surface area contributed by atoms with Crippen molar-refractivity contribution in [3.8, 4) is 5.75 Å². The number of benzene rings is 1. The van der Waals surface area contributed by atoms with Crippen molar-refractivity contribution >= 4 is 0 Å². The zero-order valence-electron chi connectivity index (χ0n) is 20.8.